The van der Waals surface area contributed by atoms with E-state index in [9.17, 15) is 4.79 Å². The largest absolute Gasteiger partial charge is 0.494 e. The van der Waals surface area contributed by atoms with Gasteiger partial charge in [-0.1, -0.05) is 36.2 Å². The molecule has 6 heteroatoms. The van der Waals surface area contributed by atoms with Crippen LogP contribution in [-0.2, 0) is 17.8 Å². The predicted molar refractivity (Wildman–Crippen MR) is 136 cm³/mol. The third-order valence-corrected chi connectivity index (χ3v) is 6.03. The smallest absolute Gasteiger partial charge is 0.243 e. The molecule has 1 heterocycles. The number of hydrogen-bond donors (Lipinski definition) is 1. The molecule has 5 nitrogen and oxygen atoms in total. The van der Waals surface area contributed by atoms with Crippen LogP contribution in [0.25, 0.3) is 11.0 Å². The van der Waals surface area contributed by atoms with E-state index in [2.05, 4.69) is 28.1 Å². The lowest BCUT2D eigenvalue weighted by molar-refractivity contribution is -0.116. The van der Waals surface area contributed by atoms with Gasteiger partial charge in [0.05, 0.1) is 17.6 Å². The van der Waals surface area contributed by atoms with Crippen molar-refractivity contribution in [1.29, 1.82) is 0 Å². The van der Waals surface area contributed by atoms with Gasteiger partial charge < -0.3 is 14.6 Å². The Kier molecular flexibility index (Phi) is 9.82. The van der Waals surface area contributed by atoms with Crippen molar-refractivity contribution in [3.8, 4) is 5.75 Å². The van der Waals surface area contributed by atoms with Crippen molar-refractivity contribution in [3.63, 3.8) is 0 Å². The maximum absolute atomic E-state index is 11.5. The second-order valence-corrected chi connectivity index (χ2v) is 8.64. The first-order valence-electron chi connectivity index (χ1n) is 11.8. The van der Waals surface area contributed by atoms with Gasteiger partial charge in [-0.15, -0.1) is 0 Å². The van der Waals surface area contributed by atoms with Crippen molar-refractivity contribution < 1.29 is 9.53 Å². The molecule has 0 unspecified atom stereocenters. The number of allylic oxidation sites excluding steroid dienone is 1. The molecule has 3 aromatic rings. The Morgan fingerprint density at radius 2 is 1.97 bits per heavy atom. The highest BCUT2D eigenvalue weighted by molar-refractivity contribution is 6.31. The fourth-order valence-electron chi connectivity index (χ4n) is 3.84. The van der Waals surface area contributed by atoms with Crippen molar-refractivity contribution in [2.45, 2.75) is 58.9 Å². The molecule has 33 heavy (non-hydrogen) atoms. The molecular weight excluding hydrogens is 434 g/mol. The number of para-hydroxylation sites is 2. The van der Waals surface area contributed by atoms with E-state index in [1.165, 1.54) is 5.52 Å². The first-order valence-corrected chi connectivity index (χ1v) is 12.2. The number of imidazole rings is 1. The molecule has 0 aliphatic heterocycles. The van der Waals surface area contributed by atoms with Gasteiger partial charge in [-0.25, -0.2) is 4.98 Å². The van der Waals surface area contributed by atoms with Gasteiger partial charge in [0.25, 0.3) is 0 Å². The number of aromatic nitrogens is 2. The van der Waals surface area contributed by atoms with Crippen LogP contribution in [0.4, 0.5) is 0 Å². The van der Waals surface area contributed by atoms with E-state index >= 15 is 0 Å². The molecule has 0 fully saturated rings. The number of rotatable bonds is 13. The van der Waals surface area contributed by atoms with Crippen molar-refractivity contribution in [3.05, 3.63) is 71.0 Å². The number of aryl methyl sites for hydroxylation is 3. The molecule has 0 aliphatic carbocycles. The second-order valence-electron chi connectivity index (χ2n) is 8.24. The van der Waals surface area contributed by atoms with E-state index in [0.29, 0.717) is 13.2 Å². The summed E-state index contributed by atoms with van der Waals surface area (Å²) >= 11 is 6.09. The number of nitrogens with zero attached hydrogens (tertiary/aromatic N) is 2. The molecule has 176 valence electrons. The number of ether oxygens (including phenoxy) is 1. The van der Waals surface area contributed by atoms with Gasteiger partial charge in [-0.05, 0) is 81.5 Å². The third kappa shape index (κ3) is 7.64. The number of halogens is 1. The molecular formula is C27H34ClN3O2. The zero-order valence-electron chi connectivity index (χ0n) is 19.6. The lowest BCUT2D eigenvalue weighted by atomic mass is 10.2. The number of carbonyl (C=O) groups is 1. The van der Waals surface area contributed by atoms with Crippen LogP contribution in [0.5, 0.6) is 5.75 Å². The number of benzene rings is 2. The van der Waals surface area contributed by atoms with Crippen LogP contribution >= 0.6 is 11.6 Å². The first-order chi connectivity index (χ1) is 16.1. The van der Waals surface area contributed by atoms with Crippen LogP contribution in [0, 0.1) is 6.92 Å². The summed E-state index contributed by atoms with van der Waals surface area (Å²) in [4.78, 5) is 16.4. The molecule has 0 saturated carbocycles. The minimum Gasteiger partial charge on any atom is -0.494 e. The van der Waals surface area contributed by atoms with E-state index in [1.54, 1.807) is 12.2 Å². The zero-order chi connectivity index (χ0) is 23.5. The Labute approximate surface area is 201 Å². The quantitative estimate of drug-likeness (QED) is 0.238. The van der Waals surface area contributed by atoms with Crippen molar-refractivity contribution in [2.75, 3.05) is 13.2 Å². The topological polar surface area (TPSA) is 56.2 Å². The molecule has 0 radical (unpaired) electrons. The minimum atomic E-state index is -0.0190. The van der Waals surface area contributed by atoms with Crippen molar-refractivity contribution in [2.24, 2.45) is 0 Å². The zero-order valence-corrected chi connectivity index (χ0v) is 20.4. The normalized spacial score (nSPS) is 11.4. The standard InChI is InChI=1S/C27H34ClN3O2/c1-3-11-27(32)29-17-8-4-5-14-26-30-24-12-6-7-13-25(24)31(26)18-9-10-19-33-22-15-16-23(28)21(2)20-22/h3,6-7,11-13,15-16,20H,4-5,8-10,14,17-19H2,1-2H3,(H,29,32)/b11-3+. The van der Waals surface area contributed by atoms with E-state index in [-0.39, 0.29) is 5.91 Å². The maximum atomic E-state index is 11.5. The number of amides is 1. The Morgan fingerprint density at radius 1 is 1.12 bits per heavy atom. The van der Waals surface area contributed by atoms with Gasteiger partial charge in [0.15, 0.2) is 0 Å². The van der Waals surface area contributed by atoms with E-state index in [4.69, 9.17) is 21.3 Å². The lowest BCUT2D eigenvalue weighted by Crippen LogP contribution is -2.21. The SMILES string of the molecule is C/C=C/C(=O)NCCCCCc1nc2ccccc2n1CCCCOc1ccc(Cl)c(C)c1. The molecule has 2 aromatic carbocycles. The predicted octanol–water partition coefficient (Wildman–Crippen LogP) is 6.26. The Balaban J connectivity index is 1.46. The second kappa shape index (κ2) is 13.0. The molecule has 0 atom stereocenters. The van der Waals surface area contributed by atoms with Gasteiger partial charge >= 0.3 is 0 Å². The van der Waals surface area contributed by atoms with Crippen LogP contribution in [0.3, 0.4) is 0 Å². The summed E-state index contributed by atoms with van der Waals surface area (Å²) in [5.74, 6) is 1.99. The molecule has 1 N–H and O–H groups in total. The van der Waals surface area contributed by atoms with E-state index in [0.717, 1.165) is 72.7 Å². The first kappa shape index (κ1) is 24.8. The Bertz CT molecular complexity index is 1070. The molecule has 0 spiro atoms. The average Bonchev–Trinajstić information content (AvgIpc) is 3.16. The highest BCUT2D eigenvalue weighted by atomic mass is 35.5. The summed E-state index contributed by atoms with van der Waals surface area (Å²) in [6.45, 7) is 6.16. The minimum absolute atomic E-state index is 0.0190. The van der Waals surface area contributed by atoms with Crippen LogP contribution < -0.4 is 10.1 Å². The molecule has 0 aliphatic rings. The molecule has 1 aromatic heterocycles. The molecule has 0 saturated heterocycles. The number of carbonyl (C=O) groups excluding carboxylic acids is 1. The Hall–Kier alpha value is -2.79. The summed E-state index contributed by atoms with van der Waals surface area (Å²) in [5.41, 5.74) is 3.28. The monoisotopic (exact) mass is 467 g/mol. The average molecular weight is 468 g/mol. The highest BCUT2D eigenvalue weighted by Crippen LogP contribution is 2.22. The van der Waals surface area contributed by atoms with Crippen LogP contribution in [0.1, 0.15) is 50.4 Å². The van der Waals surface area contributed by atoms with Crippen molar-refractivity contribution >= 4 is 28.5 Å². The van der Waals surface area contributed by atoms with E-state index in [1.807, 2.05) is 38.1 Å². The summed E-state index contributed by atoms with van der Waals surface area (Å²) in [6, 6.07) is 14.1. The van der Waals surface area contributed by atoms with Crippen LogP contribution in [0.15, 0.2) is 54.6 Å². The fraction of sp³-hybridized carbons (Fsp3) is 0.407. The Morgan fingerprint density at radius 3 is 2.79 bits per heavy atom. The van der Waals surface area contributed by atoms with Gasteiger partial charge in [0, 0.05) is 24.5 Å². The summed E-state index contributed by atoms with van der Waals surface area (Å²) in [6.07, 6.45) is 9.35. The van der Waals surface area contributed by atoms with Crippen LogP contribution in [-0.4, -0.2) is 28.6 Å². The van der Waals surface area contributed by atoms with Gasteiger partial charge in [-0.2, -0.15) is 0 Å². The third-order valence-electron chi connectivity index (χ3n) is 5.60. The summed E-state index contributed by atoms with van der Waals surface area (Å²) in [7, 11) is 0. The van der Waals surface area contributed by atoms with Gasteiger partial charge in [-0.3, -0.25) is 4.79 Å². The highest BCUT2D eigenvalue weighted by Gasteiger charge is 2.10. The maximum Gasteiger partial charge on any atom is 0.243 e. The lowest BCUT2D eigenvalue weighted by Gasteiger charge is -2.11. The summed E-state index contributed by atoms with van der Waals surface area (Å²) < 4.78 is 8.25. The fourth-order valence-corrected chi connectivity index (χ4v) is 3.96. The van der Waals surface area contributed by atoms with Gasteiger partial charge in [0.1, 0.15) is 11.6 Å². The van der Waals surface area contributed by atoms with Crippen molar-refractivity contribution in [1.82, 2.24) is 14.9 Å². The molecule has 0 bridgehead atoms. The molecule has 3 rings (SSSR count). The molecule has 1 amide bonds. The summed E-state index contributed by atoms with van der Waals surface area (Å²) in [5, 5.41) is 3.67. The number of fused-ring (bicyclic) bond motifs is 1. The number of hydrogen-bond acceptors (Lipinski definition) is 3. The van der Waals surface area contributed by atoms with E-state index < -0.39 is 0 Å². The number of nitrogens with one attached hydrogen (secondary N) is 1. The van der Waals surface area contributed by atoms with Gasteiger partial charge in [0.2, 0.25) is 5.91 Å². The van der Waals surface area contributed by atoms with Crippen LogP contribution in [0.2, 0.25) is 5.02 Å². The number of unbranched alkanes of at least 4 members (excludes halogenated alkanes) is 3.